The molecule has 0 amide bonds. The first kappa shape index (κ1) is 16.8. The molecule has 0 heterocycles. The molecule has 1 N–H and O–H groups in total. The SMILES string of the molecule is CC1CCC(N(C)c2ccc(CNC(C)C)cc2Br)CC1. The van der Waals surface area contributed by atoms with E-state index in [1.165, 1.54) is 41.4 Å². The number of benzene rings is 1. The molecule has 0 spiro atoms. The number of rotatable bonds is 5. The summed E-state index contributed by atoms with van der Waals surface area (Å²) < 4.78 is 1.21. The van der Waals surface area contributed by atoms with Crippen LogP contribution in [0.1, 0.15) is 52.0 Å². The summed E-state index contributed by atoms with van der Waals surface area (Å²) in [6, 6.07) is 7.98. The molecule has 118 valence electrons. The second-order valence-corrected chi connectivity index (χ2v) is 7.70. The Hall–Kier alpha value is -0.540. The second-order valence-electron chi connectivity index (χ2n) is 6.85. The molecule has 0 atom stereocenters. The highest BCUT2D eigenvalue weighted by Crippen LogP contribution is 2.33. The first-order valence-corrected chi connectivity index (χ1v) is 9.01. The zero-order valence-corrected chi connectivity index (χ0v) is 15.4. The Bertz CT molecular complexity index is 451. The number of anilines is 1. The molecule has 1 fully saturated rings. The van der Waals surface area contributed by atoms with Gasteiger partial charge in [0.25, 0.3) is 0 Å². The van der Waals surface area contributed by atoms with Crippen molar-refractivity contribution in [2.45, 2.75) is 65.1 Å². The van der Waals surface area contributed by atoms with Crippen LogP contribution in [0.4, 0.5) is 5.69 Å². The highest BCUT2D eigenvalue weighted by Gasteiger charge is 2.22. The van der Waals surface area contributed by atoms with Crippen molar-refractivity contribution in [3.05, 3.63) is 28.2 Å². The molecule has 1 aromatic carbocycles. The van der Waals surface area contributed by atoms with E-state index in [9.17, 15) is 0 Å². The van der Waals surface area contributed by atoms with Gasteiger partial charge in [-0.15, -0.1) is 0 Å². The van der Waals surface area contributed by atoms with Crippen LogP contribution >= 0.6 is 15.9 Å². The van der Waals surface area contributed by atoms with Crippen LogP contribution in [-0.4, -0.2) is 19.1 Å². The lowest BCUT2D eigenvalue weighted by Gasteiger charge is -2.35. The molecule has 0 aromatic heterocycles. The van der Waals surface area contributed by atoms with Crippen molar-refractivity contribution < 1.29 is 0 Å². The second kappa shape index (κ2) is 7.64. The van der Waals surface area contributed by atoms with E-state index in [4.69, 9.17) is 0 Å². The predicted octanol–water partition coefficient (Wildman–Crippen LogP) is 4.96. The minimum Gasteiger partial charge on any atom is -0.371 e. The number of nitrogens with one attached hydrogen (secondary N) is 1. The zero-order chi connectivity index (χ0) is 15.4. The van der Waals surface area contributed by atoms with Crippen LogP contribution in [0.15, 0.2) is 22.7 Å². The van der Waals surface area contributed by atoms with Crippen LogP contribution in [0, 0.1) is 5.92 Å². The molecule has 0 radical (unpaired) electrons. The molecule has 3 heteroatoms. The van der Waals surface area contributed by atoms with E-state index in [0.717, 1.165) is 12.5 Å². The third kappa shape index (κ3) is 4.72. The van der Waals surface area contributed by atoms with Gasteiger partial charge in [-0.05, 0) is 65.2 Å². The maximum atomic E-state index is 3.76. The lowest BCUT2D eigenvalue weighted by molar-refractivity contribution is 0.340. The van der Waals surface area contributed by atoms with Gasteiger partial charge in [-0.3, -0.25) is 0 Å². The van der Waals surface area contributed by atoms with Crippen LogP contribution in [0.3, 0.4) is 0 Å². The molecule has 2 nitrogen and oxygen atoms in total. The zero-order valence-electron chi connectivity index (χ0n) is 13.8. The smallest absolute Gasteiger partial charge is 0.0510 e. The summed E-state index contributed by atoms with van der Waals surface area (Å²) in [7, 11) is 2.24. The van der Waals surface area contributed by atoms with Gasteiger partial charge >= 0.3 is 0 Å². The third-order valence-electron chi connectivity index (χ3n) is 4.64. The summed E-state index contributed by atoms with van der Waals surface area (Å²) in [5, 5.41) is 3.47. The fraction of sp³-hybridized carbons (Fsp3) is 0.667. The van der Waals surface area contributed by atoms with Crippen molar-refractivity contribution in [2.24, 2.45) is 5.92 Å². The normalized spacial score (nSPS) is 22.6. The van der Waals surface area contributed by atoms with E-state index < -0.39 is 0 Å². The average molecular weight is 353 g/mol. The summed E-state index contributed by atoms with van der Waals surface area (Å²) in [6.45, 7) is 7.67. The van der Waals surface area contributed by atoms with Gasteiger partial charge < -0.3 is 10.2 Å². The van der Waals surface area contributed by atoms with E-state index in [1.54, 1.807) is 0 Å². The molecule has 0 aliphatic heterocycles. The largest absolute Gasteiger partial charge is 0.371 e. The lowest BCUT2D eigenvalue weighted by Crippen LogP contribution is -2.35. The summed E-state index contributed by atoms with van der Waals surface area (Å²) in [5.74, 6) is 0.905. The molecular weight excluding hydrogens is 324 g/mol. The topological polar surface area (TPSA) is 15.3 Å². The Morgan fingerprint density at radius 3 is 2.48 bits per heavy atom. The Balaban J connectivity index is 2.02. The van der Waals surface area contributed by atoms with E-state index in [0.29, 0.717) is 12.1 Å². The van der Waals surface area contributed by atoms with Crippen molar-refractivity contribution in [1.29, 1.82) is 0 Å². The molecule has 1 saturated carbocycles. The van der Waals surface area contributed by atoms with Crippen molar-refractivity contribution in [3.8, 4) is 0 Å². The van der Waals surface area contributed by atoms with Gasteiger partial charge in [0.05, 0.1) is 5.69 Å². The van der Waals surface area contributed by atoms with Crippen LogP contribution in [-0.2, 0) is 6.54 Å². The summed E-state index contributed by atoms with van der Waals surface area (Å²) in [6.07, 6.45) is 5.37. The van der Waals surface area contributed by atoms with Gasteiger partial charge in [-0.1, -0.05) is 26.8 Å². The van der Waals surface area contributed by atoms with Crippen LogP contribution in [0.2, 0.25) is 0 Å². The average Bonchev–Trinajstić information content (AvgIpc) is 2.45. The Kier molecular flexibility index (Phi) is 6.12. The summed E-state index contributed by atoms with van der Waals surface area (Å²) in [4.78, 5) is 2.47. The number of nitrogens with zero attached hydrogens (tertiary/aromatic N) is 1. The monoisotopic (exact) mass is 352 g/mol. The lowest BCUT2D eigenvalue weighted by atomic mass is 9.86. The van der Waals surface area contributed by atoms with Gasteiger partial charge in [0, 0.05) is 30.1 Å². The summed E-state index contributed by atoms with van der Waals surface area (Å²) in [5.41, 5.74) is 2.66. The van der Waals surface area contributed by atoms with Crippen molar-refractivity contribution in [3.63, 3.8) is 0 Å². The number of halogens is 1. The van der Waals surface area contributed by atoms with Crippen LogP contribution < -0.4 is 10.2 Å². The first-order valence-electron chi connectivity index (χ1n) is 8.22. The molecule has 21 heavy (non-hydrogen) atoms. The van der Waals surface area contributed by atoms with E-state index in [1.807, 2.05) is 0 Å². The van der Waals surface area contributed by atoms with Gasteiger partial charge in [-0.25, -0.2) is 0 Å². The number of hydrogen-bond acceptors (Lipinski definition) is 2. The highest BCUT2D eigenvalue weighted by molar-refractivity contribution is 9.10. The standard InChI is InChI=1S/C18H29BrN2/c1-13(2)20-12-15-7-10-18(17(19)11-15)21(4)16-8-5-14(3)6-9-16/h7,10-11,13-14,16,20H,5-6,8-9,12H2,1-4H3. The molecule has 1 aliphatic carbocycles. The predicted molar refractivity (Wildman–Crippen MR) is 95.9 cm³/mol. The Morgan fingerprint density at radius 2 is 1.90 bits per heavy atom. The molecule has 0 bridgehead atoms. The highest BCUT2D eigenvalue weighted by atomic mass is 79.9. The molecule has 1 aromatic rings. The molecule has 2 rings (SSSR count). The van der Waals surface area contributed by atoms with E-state index in [2.05, 4.69) is 72.2 Å². The van der Waals surface area contributed by atoms with Crippen LogP contribution in [0.25, 0.3) is 0 Å². The molecule has 0 unspecified atom stereocenters. The maximum absolute atomic E-state index is 3.76. The van der Waals surface area contributed by atoms with Crippen LogP contribution in [0.5, 0.6) is 0 Å². The summed E-state index contributed by atoms with van der Waals surface area (Å²) >= 11 is 3.76. The Morgan fingerprint density at radius 1 is 1.24 bits per heavy atom. The van der Waals surface area contributed by atoms with E-state index >= 15 is 0 Å². The minimum atomic E-state index is 0.523. The minimum absolute atomic E-state index is 0.523. The van der Waals surface area contributed by atoms with E-state index in [-0.39, 0.29) is 0 Å². The van der Waals surface area contributed by atoms with Gasteiger partial charge in [0.2, 0.25) is 0 Å². The van der Waals surface area contributed by atoms with Gasteiger partial charge in [0.1, 0.15) is 0 Å². The molecular formula is C18H29BrN2. The van der Waals surface area contributed by atoms with Crippen molar-refractivity contribution in [1.82, 2.24) is 5.32 Å². The van der Waals surface area contributed by atoms with Crippen molar-refractivity contribution >= 4 is 21.6 Å². The maximum Gasteiger partial charge on any atom is 0.0510 e. The van der Waals surface area contributed by atoms with Crippen molar-refractivity contribution in [2.75, 3.05) is 11.9 Å². The van der Waals surface area contributed by atoms with Gasteiger partial charge in [-0.2, -0.15) is 0 Å². The first-order chi connectivity index (χ1) is 9.97. The third-order valence-corrected chi connectivity index (χ3v) is 5.27. The Labute approximate surface area is 138 Å². The number of hydrogen-bond donors (Lipinski definition) is 1. The molecule has 1 aliphatic rings. The quantitative estimate of drug-likeness (QED) is 0.805. The fourth-order valence-corrected chi connectivity index (χ4v) is 3.80. The molecule has 0 saturated heterocycles. The fourth-order valence-electron chi connectivity index (χ4n) is 3.09. The van der Waals surface area contributed by atoms with Gasteiger partial charge in [0.15, 0.2) is 0 Å².